The second kappa shape index (κ2) is 8.91. The van der Waals surface area contributed by atoms with Crippen molar-refractivity contribution >= 4 is 29.4 Å². The monoisotopic (exact) mass is 417 g/mol. The molecule has 0 atom stereocenters. The zero-order chi connectivity index (χ0) is 21.0. The predicted molar refractivity (Wildman–Crippen MR) is 105 cm³/mol. The summed E-state index contributed by atoms with van der Waals surface area (Å²) in [6.07, 6.45) is 2.89. The number of carboxylic acids is 1. The van der Waals surface area contributed by atoms with Crippen molar-refractivity contribution in [1.29, 1.82) is 0 Å². The Kier molecular flexibility index (Phi) is 6.33. The van der Waals surface area contributed by atoms with Crippen LogP contribution in [0.2, 0.25) is 5.02 Å². The third-order valence-corrected chi connectivity index (χ3v) is 5.06. The quantitative estimate of drug-likeness (QED) is 0.686. The molecule has 0 saturated carbocycles. The number of carbonyl (C=O) groups excluding carboxylic acids is 2. The molecular formula is C20H20ClN3O5. The van der Waals surface area contributed by atoms with Gasteiger partial charge in [0.25, 0.3) is 11.8 Å². The van der Waals surface area contributed by atoms with Gasteiger partial charge >= 0.3 is 5.97 Å². The Bertz CT molecular complexity index is 941. The number of pyridine rings is 1. The summed E-state index contributed by atoms with van der Waals surface area (Å²) in [5, 5.41) is 21.4. The van der Waals surface area contributed by atoms with E-state index in [1.807, 2.05) is 0 Å². The molecule has 1 aromatic carbocycles. The highest BCUT2D eigenvalue weighted by molar-refractivity contribution is 6.30. The standard InChI is InChI=1S/C20H20ClN3O5/c21-15-3-1-2-13(8-15)20(29)24-6-4-12(5-7-24)14-9-16(25)18(22-10-14)19(28)23-11-17(26)27/h1-3,8-10,12,25H,4-7,11H2,(H,23,28)(H,26,27). The Morgan fingerprint density at radius 2 is 1.93 bits per heavy atom. The number of amides is 2. The zero-order valence-electron chi connectivity index (χ0n) is 15.5. The predicted octanol–water partition coefficient (Wildman–Crippen LogP) is 2.27. The van der Waals surface area contributed by atoms with Crippen LogP contribution in [0.3, 0.4) is 0 Å². The minimum atomic E-state index is -1.19. The summed E-state index contributed by atoms with van der Waals surface area (Å²) in [5.41, 5.74) is 1.10. The Balaban J connectivity index is 1.62. The molecule has 2 amide bonds. The van der Waals surface area contributed by atoms with Gasteiger partial charge in [-0.3, -0.25) is 14.4 Å². The number of piperidine rings is 1. The molecule has 29 heavy (non-hydrogen) atoms. The van der Waals surface area contributed by atoms with Crippen molar-refractivity contribution in [2.45, 2.75) is 18.8 Å². The number of aromatic nitrogens is 1. The van der Waals surface area contributed by atoms with Crippen LogP contribution in [0, 0.1) is 0 Å². The molecule has 0 bridgehead atoms. The van der Waals surface area contributed by atoms with Crippen LogP contribution in [0.25, 0.3) is 0 Å². The summed E-state index contributed by atoms with van der Waals surface area (Å²) in [4.78, 5) is 40.8. The molecule has 1 saturated heterocycles. The number of benzene rings is 1. The summed E-state index contributed by atoms with van der Waals surface area (Å²) in [6, 6.07) is 8.31. The lowest BCUT2D eigenvalue weighted by atomic mass is 9.90. The molecule has 1 aliphatic heterocycles. The first-order valence-electron chi connectivity index (χ1n) is 9.09. The summed E-state index contributed by atoms with van der Waals surface area (Å²) in [6.45, 7) is 0.552. The van der Waals surface area contributed by atoms with Gasteiger partial charge in [0, 0.05) is 29.9 Å². The first kappa shape index (κ1) is 20.6. The first-order valence-corrected chi connectivity index (χ1v) is 9.46. The molecule has 0 unspecified atom stereocenters. The minimum Gasteiger partial charge on any atom is -0.505 e. The van der Waals surface area contributed by atoms with E-state index in [9.17, 15) is 19.5 Å². The Labute approximate surface area is 172 Å². The van der Waals surface area contributed by atoms with Gasteiger partial charge in [0.2, 0.25) is 0 Å². The van der Waals surface area contributed by atoms with Crippen LogP contribution in [-0.4, -0.2) is 57.5 Å². The molecule has 0 aliphatic carbocycles. The number of halogens is 1. The van der Waals surface area contributed by atoms with Crippen LogP contribution >= 0.6 is 11.6 Å². The van der Waals surface area contributed by atoms with Gasteiger partial charge in [-0.05, 0) is 48.6 Å². The van der Waals surface area contributed by atoms with Gasteiger partial charge in [-0.2, -0.15) is 0 Å². The molecule has 2 heterocycles. The van der Waals surface area contributed by atoms with E-state index in [0.29, 0.717) is 36.5 Å². The van der Waals surface area contributed by atoms with Gasteiger partial charge in [-0.1, -0.05) is 17.7 Å². The van der Waals surface area contributed by atoms with E-state index in [1.165, 1.54) is 12.3 Å². The maximum Gasteiger partial charge on any atom is 0.322 e. The van der Waals surface area contributed by atoms with E-state index >= 15 is 0 Å². The number of nitrogens with one attached hydrogen (secondary N) is 1. The van der Waals surface area contributed by atoms with Gasteiger partial charge in [-0.15, -0.1) is 0 Å². The van der Waals surface area contributed by atoms with E-state index in [2.05, 4.69) is 10.3 Å². The van der Waals surface area contributed by atoms with Crippen molar-refractivity contribution in [3.05, 3.63) is 58.4 Å². The van der Waals surface area contributed by atoms with Gasteiger partial charge < -0.3 is 20.4 Å². The largest absolute Gasteiger partial charge is 0.505 e. The Morgan fingerprint density at radius 1 is 1.21 bits per heavy atom. The molecule has 152 valence electrons. The number of hydrogen-bond donors (Lipinski definition) is 3. The van der Waals surface area contributed by atoms with Crippen molar-refractivity contribution < 1.29 is 24.6 Å². The highest BCUT2D eigenvalue weighted by atomic mass is 35.5. The van der Waals surface area contributed by atoms with Crippen LogP contribution in [-0.2, 0) is 4.79 Å². The lowest BCUT2D eigenvalue weighted by Crippen LogP contribution is -2.38. The van der Waals surface area contributed by atoms with Gasteiger partial charge in [0.1, 0.15) is 12.3 Å². The minimum absolute atomic E-state index is 0.0719. The second-order valence-electron chi connectivity index (χ2n) is 6.79. The highest BCUT2D eigenvalue weighted by Gasteiger charge is 2.26. The van der Waals surface area contributed by atoms with Crippen LogP contribution in [0.4, 0.5) is 0 Å². The van der Waals surface area contributed by atoms with Crippen molar-refractivity contribution in [3.8, 4) is 5.75 Å². The summed E-state index contributed by atoms with van der Waals surface area (Å²) in [7, 11) is 0. The Hall–Kier alpha value is -3.13. The average Bonchev–Trinajstić information content (AvgIpc) is 2.71. The van der Waals surface area contributed by atoms with Gasteiger partial charge in [0.15, 0.2) is 5.69 Å². The number of aromatic hydroxyl groups is 1. The number of likely N-dealkylation sites (tertiary alicyclic amines) is 1. The van der Waals surface area contributed by atoms with Crippen LogP contribution < -0.4 is 5.32 Å². The molecule has 2 aromatic rings. The van der Waals surface area contributed by atoms with Crippen LogP contribution in [0.5, 0.6) is 5.75 Å². The molecule has 9 heteroatoms. The molecule has 0 spiro atoms. The molecule has 1 aromatic heterocycles. The first-order chi connectivity index (χ1) is 13.8. The third kappa shape index (κ3) is 5.03. The summed E-state index contributed by atoms with van der Waals surface area (Å²) >= 11 is 5.96. The smallest absolute Gasteiger partial charge is 0.322 e. The van der Waals surface area contributed by atoms with E-state index in [4.69, 9.17) is 16.7 Å². The highest BCUT2D eigenvalue weighted by Crippen LogP contribution is 2.31. The molecule has 1 aliphatic rings. The van der Waals surface area contributed by atoms with E-state index in [-0.39, 0.29) is 23.3 Å². The van der Waals surface area contributed by atoms with Crippen molar-refractivity contribution in [2.24, 2.45) is 0 Å². The molecule has 1 fully saturated rings. The van der Waals surface area contributed by atoms with Crippen molar-refractivity contribution in [2.75, 3.05) is 19.6 Å². The fraction of sp³-hybridized carbons (Fsp3) is 0.300. The van der Waals surface area contributed by atoms with Crippen molar-refractivity contribution in [3.63, 3.8) is 0 Å². The summed E-state index contributed by atoms with van der Waals surface area (Å²) < 4.78 is 0. The Morgan fingerprint density at radius 3 is 2.55 bits per heavy atom. The number of carboxylic acid groups (broad SMARTS) is 1. The number of rotatable bonds is 5. The average molecular weight is 418 g/mol. The molecule has 3 rings (SSSR count). The lowest BCUT2D eigenvalue weighted by molar-refractivity contribution is -0.135. The number of nitrogens with zero attached hydrogens (tertiary/aromatic N) is 2. The number of carbonyl (C=O) groups is 3. The fourth-order valence-electron chi connectivity index (χ4n) is 3.33. The van der Waals surface area contributed by atoms with E-state index in [1.54, 1.807) is 29.2 Å². The van der Waals surface area contributed by atoms with E-state index in [0.717, 1.165) is 5.56 Å². The topological polar surface area (TPSA) is 120 Å². The van der Waals surface area contributed by atoms with Crippen molar-refractivity contribution in [1.82, 2.24) is 15.2 Å². The normalized spacial score (nSPS) is 14.4. The summed E-state index contributed by atoms with van der Waals surface area (Å²) in [5.74, 6) is -2.22. The molecule has 3 N–H and O–H groups in total. The van der Waals surface area contributed by atoms with Crippen LogP contribution in [0.1, 0.15) is 45.2 Å². The maximum atomic E-state index is 12.6. The number of aliphatic carboxylic acids is 1. The zero-order valence-corrected chi connectivity index (χ0v) is 16.2. The maximum absolute atomic E-state index is 12.6. The second-order valence-corrected chi connectivity index (χ2v) is 7.23. The SMILES string of the molecule is O=C(O)CNC(=O)c1ncc(C2CCN(C(=O)c3cccc(Cl)c3)CC2)cc1O. The van der Waals surface area contributed by atoms with E-state index < -0.39 is 18.4 Å². The van der Waals surface area contributed by atoms with Crippen LogP contribution in [0.15, 0.2) is 36.5 Å². The van der Waals surface area contributed by atoms with Gasteiger partial charge in [-0.25, -0.2) is 4.98 Å². The third-order valence-electron chi connectivity index (χ3n) is 4.83. The fourth-order valence-corrected chi connectivity index (χ4v) is 3.52. The molecule has 0 radical (unpaired) electrons. The lowest BCUT2D eigenvalue weighted by Gasteiger charge is -2.32. The molecule has 8 nitrogen and oxygen atoms in total. The number of hydrogen-bond acceptors (Lipinski definition) is 5. The van der Waals surface area contributed by atoms with Gasteiger partial charge in [0.05, 0.1) is 0 Å². The molecular weight excluding hydrogens is 398 g/mol.